The third-order valence-corrected chi connectivity index (χ3v) is 14.8. The summed E-state index contributed by atoms with van der Waals surface area (Å²) in [5, 5.41) is 13.5. The maximum atomic E-state index is 16.1. The van der Waals surface area contributed by atoms with Gasteiger partial charge in [-0.05, 0) is 103 Å². The SMILES string of the molecule is COc1ccc(CN(Cc2ccc(OC)cc2)S(=O)(=O)c2c(S(=O)(=O)N[C@H]3CCN(C(=O)OC(C)(C)C)C3)ccc(-c3cccc4[nH]c(N)nc34)c2-c2nnn(Cc3ccc(OC)cc3)n2)cc1. The van der Waals surface area contributed by atoms with Crippen molar-refractivity contribution in [1.29, 1.82) is 0 Å². The topological polar surface area (TPSA) is 239 Å². The van der Waals surface area contributed by atoms with Gasteiger partial charge in [0.2, 0.25) is 25.9 Å². The smallest absolute Gasteiger partial charge is 0.410 e. The predicted molar refractivity (Wildman–Crippen MR) is 254 cm³/mol. The first-order valence-corrected chi connectivity index (χ1v) is 24.5. The molecule has 3 heterocycles. The first-order chi connectivity index (χ1) is 32.4. The highest BCUT2D eigenvalue weighted by molar-refractivity contribution is 7.92. The molecule has 2 aromatic heterocycles. The Morgan fingerprint density at radius 3 is 1.97 bits per heavy atom. The summed E-state index contributed by atoms with van der Waals surface area (Å²) in [4.78, 5) is 22.2. The highest BCUT2D eigenvalue weighted by atomic mass is 32.2. The number of carbonyl (C=O) groups is 1. The number of hydrogen-bond donors (Lipinski definition) is 3. The lowest BCUT2D eigenvalue weighted by atomic mass is 9.98. The molecule has 68 heavy (non-hydrogen) atoms. The van der Waals surface area contributed by atoms with Gasteiger partial charge in [-0.2, -0.15) is 9.10 Å². The van der Waals surface area contributed by atoms with E-state index in [1.54, 1.807) is 107 Å². The van der Waals surface area contributed by atoms with Crippen LogP contribution in [0.15, 0.2) is 113 Å². The highest BCUT2D eigenvalue weighted by Gasteiger charge is 2.40. The van der Waals surface area contributed by atoms with Crippen molar-refractivity contribution in [3.05, 3.63) is 120 Å². The molecule has 0 aliphatic carbocycles. The third kappa shape index (κ3) is 10.4. The van der Waals surface area contributed by atoms with Crippen LogP contribution in [0, 0.1) is 0 Å². The van der Waals surface area contributed by atoms with Crippen LogP contribution in [0.25, 0.3) is 33.5 Å². The fraction of sp³-hybridized carbons (Fsp3) is 0.298. The number of fused-ring (bicyclic) bond motifs is 1. The van der Waals surface area contributed by atoms with Gasteiger partial charge < -0.3 is 34.6 Å². The number of sulfonamides is 2. The third-order valence-electron chi connectivity index (χ3n) is 11.2. The number of amides is 1. The average molecular weight is 965 g/mol. The number of anilines is 1. The summed E-state index contributed by atoms with van der Waals surface area (Å²) in [7, 11) is -5.09. The van der Waals surface area contributed by atoms with Gasteiger partial charge in [-0.25, -0.2) is 31.3 Å². The second-order valence-corrected chi connectivity index (χ2v) is 20.7. The van der Waals surface area contributed by atoms with Crippen molar-refractivity contribution in [2.45, 2.75) is 68.3 Å². The molecule has 1 fully saturated rings. The zero-order chi connectivity index (χ0) is 48.4. The Morgan fingerprint density at radius 2 is 1.40 bits per heavy atom. The molecular weight excluding hydrogens is 913 g/mol. The van der Waals surface area contributed by atoms with Gasteiger partial charge in [0.1, 0.15) is 32.6 Å². The number of imidazole rings is 1. The van der Waals surface area contributed by atoms with Crippen LogP contribution >= 0.6 is 0 Å². The zero-order valence-electron chi connectivity index (χ0n) is 38.3. The minimum Gasteiger partial charge on any atom is -0.497 e. The Bertz CT molecular complexity index is 3110. The second kappa shape index (κ2) is 19.3. The van der Waals surface area contributed by atoms with Crippen LogP contribution in [0.1, 0.15) is 43.9 Å². The molecule has 5 aromatic carbocycles. The maximum absolute atomic E-state index is 16.1. The summed E-state index contributed by atoms with van der Waals surface area (Å²) in [5.74, 6) is 1.68. The van der Waals surface area contributed by atoms with Gasteiger partial charge in [0.05, 0.1) is 44.5 Å². The molecule has 0 unspecified atom stereocenters. The number of methoxy groups -OCH3 is 3. The van der Waals surface area contributed by atoms with Gasteiger partial charge in [0.25, 0.3) is 0 Å². The maximum Gasteiger partial charge on any atom is 0.410 e. The Kier molecular flexibility index (Phi) is 13.4. The van der Waals surface area contributed by atoms with Gasteiger partial charge >= 0.3 is 6.09 Å². The molecule has 8 rings (SSSR count). The number of aromatic nitrogens is 6. The van der Waals surface area contributed by atoms with Gasteiger partial charge in [-0.3, -0.25) is 0 Å². The largest absolute Gasteiger partial charge is 0.497 e. The molecule has 0 radical (unpaired) electrons. The van der Waals surface area contributed by atoms with Gasteiger partial charge in [-0.1, -0.05) is 54.6 Å². The summed E-state index contributed by atoms with van der Waals surface area (Å²) in [5.41, 5.74) is 8.74. The molecule has 0 bridgehead atoms. The molecule has 1 atom stereocenters. The number of nitrogen functional groups attached to an aromatic ring is 1. The van der Waals surface area contributed by atoms with Crippen LogP contribution in [-0.2, 0) is 44.4 Å². The van der Waals surface area contributed by atoms with Crippen molar-refractivity contribution in [2.24, 2.45) is 0 Å². The lowest BCUT2D eigenvalue weighted by molar-refractivity contribution is 0.0291. The number of benzene rings is 5. The van der Waals surface area contributed by atoms with Crippen LogP contribution in [0.5, 0.6) is 17.2 Å². The molecule has 1 saturated heterocycles. The molecule has 4 N–H and O–H groups in total. The first kappa shape index (κ1) is 47.4. The number of likely N-dealkylation sites (tertiary alicyclic amines) is 1. The quantitative estimate of drug-likeness (QED) is 0.0975. The standard InChI is InChI=1S/C47H52N10O9S2/c1-47(2,3)66-46(58)55-25-24-33(29-55)53-67(59,60)40-23-22-37(38-8-7-9-39-42(38)50-45(48)49-39)41(44-51-54-57(52-44)28-32-14-20-36(65-6)21-15-32)43(40)68(61,62)56(26-30-10-16-34(63-4)17-11-30)27-31-12-18-35(64-5)19-13-31/h7-23,33,53H,24-29H2,1-6H3,(H3,48,49,50)/t33-/m0/s1. The molecule has 21 heteroatoms. The van der Waals surface area contributed by atoms with E-state index in [4.69, 9.17) is 29.8 Å². The number of nitrogens with zero attached hydrogens (tertiary/aromatic N) is 7. The molecule has 0 spiro atoms. The Morgan fingerprint density at radius 1 is 0.809 bits per heavy atom. The van der Waals surface area contributed by atoms with E-state index < -0.39 is 47.6 Å². The highest BCUT2D eigenvalue weighted by Crippen LogP contribution is 2.43. The number of hydrogen-bond acceptors (Lipinski definition) is 14. The number of aromatic amines is 1. The molecule has 0 saturated carbocycles. The number of ether oxygens (including phenoxy) is 4. The lowest BCUT2D eigenvalue weighted by Gasteiger charge is -2.27. The normalized spacial score (nSPS) is 14.4. The summed E-state index contributed by atoms with van der Waals surface area (Å²) < 4.78 is 88.1. The minimum absolute atomic E-state index is 0.0218. The number of para-hydroxylation sites is 1. The molecule has 356 valence electrons. The lowest BCUT2D eigenvalue weighted by Crippen LogP contribution is -2.41. The van der Waals surface area contributed by atoms with E-state index in [0.29, 0.717) is 45.0 Å². The number of H-pyrrole nitrogens is 1. The van der Waals surface area contributed by atoms with E-state index in [2.05, 4.69) is 25.0 Å². The van der Waals surface area contributed by atoms with Crippen LogP contribution in [0.4, 0.5) is 10.7 Å². The van der Waals surface area contributed by atoms with E-state index in [-0.39, 0.29) is 62.0 Å². The fourth-order valence-corrected chi connectivity index (χ4v) is 11.6. The number of tetrazole rings is 1. The second-order valence-electron chi connectivity index (χ2n) is 17.1. The van der Waals surface area contributed by atoms with E-state index in [1.807, 2.05) is 12.1 Å². The van der Waals surface area contributed by atoms with Crippen LogP contribution in [0.3, 0.4) is 0 Å². The monoisotopic (exact) mass is 964 g/mol. The Balaban J connectivity index is 1.35. The molecule has 7 aromatic rings. The number of carbonyl (C=O) groups excluding carboxylic acids is 1. The Labute approximate surface area is 394 Å². The molecule has 1 amide bonds. The molecule has 19 nitrogen and oxygen atoms in total. The van der Waals surface area contributed by atoms with Gasteiger partial charge in [-0.15, -0.1) is 10.2 Å². The van der Waals surface area contributed by atoms with Crippen molar-refractivity contribution < 1.29 is 40.6 Å². The van der Waals surface area contributed by atoms with E-state index >= 15 is 16.8 Å². The van der Waals surface area contributed by atoms with E-state index in [9.17, 15) is 4.79 Å². The number of nitrogens with one attached hydrogen (secondary N) is 2. The number of nitrogens with two attached hydrogens (primary N) is 1. The summed E-state index contributed by atoms with van der Waals surface area (Å²) in [6, 6.07) is 28.2. The molecule has 1 aliphatic heterocycles. The number of rotatable bonds is 16. The summed E-state index contributed by atoms with van der Waals surface area (Å²) in [6.07, 6.45) is -0.366. The zero-order valence-corrected chi connectivity index (χ0v) is 40.0. The van der Waals surface area contributed by atoms with Crippen LogP contribution < -0.4 is 24.7 Å². The van der Waals surface area contributed by atoms with Crippen LogP contribution in [-0.4, -0.2) is 108 Å². The molecule has 1 aliphatic rings. The summed E-state index contributed by atoms with van der Waals surface area (Å²) in [6.45, 7) is 5.12. The fourth-order valence-electron chi connectivity index (χ4n) is 7.91. The van der Waals surface area contributed by atoms with Crippen molar-refractivity contribution in [2.75, 3.05) is 40.2 Å². The van der Waals surface area contributed by atoms with Crippen molar-refractivity contribution in [3.8, 4) is 39.8 Å². The van der Waals surface area contributed by atoms with Crippen molar-refractivity contribution >= 4 is 43.1 Å². The average Bonchev–Trinajstić information content (AvgIpc) is 4.08. The van der Waals surface area contributed by atoms with E-state index in [0.717, 1.165) is 5.56 Å². The minimum atomic E-state index is -4.95. The van der Waals surface area contributed by atoms with Gasteiger partial charge in [0.15, 0.2) is 5.95 Å². The van der Waals surface area contributed by atoms with Crippen molar-refractivity contribution in [1.82, 2.24) is 44.1 Å². The first-order valence-electron chi connectivity index (χ1n) is 21.5. The van der Waals surface area contributed by atoms with Crippen molar-refractivity contribution in [3.63, 3.8) is 0 Å². The van der Waals surface area contributed by atoms with Gasteiger partial charge in [0, 0.05) is 37.8 Å². The predicted octanol–water partition coefficient (Wildman–Crippen LogP) is 6.22. The molecular formula is C47H52N10O9S2. The Hall–Kier alpha value is -7.07. The summed E-state index contributed by atoms with van der Waals surface area (Å²) >= 11 is 0. The van der Waals surface area contributed by atoms with Crippen LogP contribution in [0.2, 0.25) is 0 Å². The van der Waals surface area contributed by atoms with E-state index in [1.165, 1.54) is 40.4 Å².